The number of halogens is 3. The monoisotopic (exact) mass is 434 g/mol. The summed E-state index contributed by atoms with van der Waals surface area (Å²) >= 11 is 0. The summed E-state index contributed by atoms with van der Waals surface area (Å²) in [6, 6.07) is 9.85. The minimum atomic E-state index is -1.48. The number of carbonyl (C=O) groups is 2. The van der Waals surface area contributed by atoms with Crippen molar-refractivity contribution in [2.75, 3.05) is 26.7 Å². The molecule has 0 aliphatic carbocycles. The lowest BCUT2D eigenvalue weighted by atomic mass is 10.0. The molecule has 0 saturated carbocycles. The molecule has 0 radical (unpaired) electrons. The molecule has 2 aliphatic rings. The first kappa shape index (κ1) is 21.0. The van der Waals surface area contributed by atoms with Gasteiger partial charge < -0.3 is 19.3 Å². The molecule has 0 aromatic heterocycles. The highest BCUT2D eigenvalue weighted by Gasteiger charge is 2.39. The molecular weight excluding hydrogens is 413 g/mol. The topological polar surface area (TPSA) is 59.1 Å². The van der Waals surface area contributed by atoms with Crippen molar-refractivity contribution in [1.29, 1.82) is 0 Å². The van der Waals surface area contributed by atoms with E-state index in [1.54, 1.807) is 4.90 Å². The summed E-state index contributed by atoms with van der Waals surface area (Å²) in [5.74, 6) is -5.74. The minimum absolute atomic E-state index is 0.130. The van der Waals surface area contributed by atoms with E-state index in [4.69, 9.17) is 4.74 Å². The predicted molar refractivity (Wildman–Crippen MR) is 104 cm³/mol. The van der Waals surface area contributed by atoms with Crippen LogP contribution in [0.4, 0.5) is 18.0 Å². The second kappa shape index (κ2) is 8.49. The van der Waals surface area contributed by atoms with Gasteiger partial charge in [0.15, 0.2) is 17.4 Å². The Labute approximate surface area is 177 Å². The van der Waals surface area contributed by atoms with Crippen LogP contribution in [0.2, 0.25) is 0 Å². The lowest BCUT2D eigenvalue weighted by molar-refractivity contribution is 0.0652. The van der Waals surface area contributed by atoms with Crippen molar-refractivity contribution in [1.82, 2.24) is 9.80 Å². The van der Waals surface area contributed by atoms with Crippen molar-refractivity contribution >= 4 is 12.0 Å². The quantitative estimate of drug-likeness (QED) is 0.685. The Kier molecular flexibility index (Phi) is 5.75. The summed E-state index contributed by atoms with van der Waals surface area (Å²) in [6.45, 7) is 0.893. The Morgan fingerprint density at radius 2 is 1.77 bits per heavy atom. The molecule has 164 valence electrons. The van der Waals surface area contributed by atoms with Gasteiger partial charge in [-0.25, -0.2) is 13.6 Å². The smallest absolute Gasteiger partial charge is 0.410 e. The van der Waals surface area contributed by atoms with Gasteiger partial charge in [0.1, 0.15) is 6.10 Å². The summed E-state index contributed by atoms with van der Waals surface area (Å²) in [6.07, 6.45) is 0.169. The van der Waals surface area contributed by atoms with Gasteiger partial charge in [-0.15, -0.1) is 0 Å². The number of methoxy groups -OCH3 is 1. The maximum Gasteiger partial charge on any atom is 0.410 e. The van der Waals surface area contributed by atoms with Gasteiger partial charge in [-0.3, -0.25) is 4.79 Å². The van der Waals surface area contributed by atoms with Gasteiger partial charge in [0.25, 0.3) is 5.91 Å². The van der Waals surface area contributed by atoms with Crippen LogP contribution in [-0.2, 0) is 4.74 Å². The summed E-state index contributed by atoms with van der Waals surface area (Å²) < 4.78 is 51.9. The highest BCUT2D eigenvalue weighted by molar-refractivity contribution is 5.95. The standard InChI is InChI=1S/C22H21F3N2O4/c1-30-20-18(24)15(11-16(23)19(20)25)21(28)26-9-7-14(8-10-26)27-12-17(31-22(27)29)13-5-3-2-4-6-13/h2-6,11,14,17H,7-10,12H2,1H3. The number of rotatable bonds is 4. The summed E-state index contributed by atoms with van der Waals surface area (Å²) in [5.41, 5.74) is 0.327. The molecule has 0 N–H and O–H groups in total. The van der Waals surface area contributed by atoms with Gasteiger partial charge in [-0.05, 0) is 24.5 Å². The van der Waals surface area contributed by atoms with Gasteiger partial charge in [-0.1, -0.05) is 30.3 Å². The van der Waals surface area contributed by atoms with E-state index in [0.717, 1.165) is 12.7 Å². The molecule has 2 aromatic carbocycles. The Bertz CT molecular complexity index is 994. The summed E-state index contributed by atoms with van der Waals surface area (Å²) in [7, 11) is 0.999. The van der Waals surface area contributed by atoms with Crippen LogP contribution in [0.25, 0.3) is 0 Å². The summed E-state index contributed by atoms with van der Waals surface area (Å²) in [4.78, 5) is 28.1. The average Bonchev–Trinajstić information content (AvgIpc) is 3.18. The second-order valence-corrected chi connectivity index (χ2v) is 7.53. The number of hydrogen-bond donors (Lipinski definition) is 0. The zero-order valence-corrected chi connectivity index (χ0v) is 16.8. The second-order valence-electron chi connectivity index (χ2n) is 7.53. The molecule has 31 heavy (non-hydrogen) atoms. The fourth-order valence-electron chi connectivity index (χ4n) is 4.09. The fraction of sp³-hybridized carbons (Fsp3) is 0.364. The van der Waals surface area contributed by atoms with Crippen LogP contribution in [0.5, 0.6) is 5.75 Å². The number of ether oxygens (including phenoxy) is 2. The number of benzene rings is 2. The maximum absolute atomic E-state index is 14.4. The Hall–Kier alpha value is -3.23. The molecule has 2 aromatic rings. The van der Waals surface area contributed by atoms with Crippen molar-refractivity contribution in [2.45, 2.75) is 25.0 Å². The highest BCUT2D eigenvalue weighted by atomic mass is 19.2. The molecule has 1 atom stereocenters. The summed E-state index contributed by atoms with van der Waals surface area (Å²) in [5, 5.41) is 0. The zero-order chi connectivity index (χ0) is 22.1. The van der Waals surface area contributed by atoms with Crippen LogP contribution in [0.3, 0.4) is 0 Å². The van der Waals surface area contributed by atoms with E-state index >= 15 is 0 Å². The molecule has 2 amide bonds. The van der Waals surface area contributed by atoms with Gasteiger partial charge >= 0.3 is 6.09 Å². The SMILES string of the molecule is COc1c(F)c(F)cc(C(=O)N2CCC(N3CC(c4ccccc4)OC3=O)CC2)c1F. The number of likely N-dealkylation sites (tertiary alicyclic amines) is 1. The maximum atomic E-state index is 14.4. The number of amides is 2. The lowest BCUT2D eigenvalue weighted by Gasteiger charge is -2.35. The van der Waals surface area contributed by atoms with E-state index in [2.05, 4.69) is 4.74 Å². The molecule has 1 unspecified atom stereocenters. The molecule has 2 aliphatic heterocycles. The van der Waals surface area contributed by atoms with Gasteiger partial charge in [0, 0.05) is 19.1 Å². The van der Waals surface area contributed by atoms with Crippen LogP contribution in [0.15, 0.2) is 36.4 Å². The molecule has 2 heterocycles. The molecule has 0 spiro atoms. The Balaban J connectivity index is 1.42. The number of piperidine rings is 1. The number of nitrogens with zero attached hydrogens (tertiary/aromatic N) is 2. The van der Waals surface area contributed by atoms with Crippen LogP contribution in [0.1, 0.15) is 34.9 Å². The van der Waals surface area contributed by atoms with Crippen LogP contribution >= 0.6 is 0 Å². The lowest BCUT2D eigenvalue weighted by Crippen LogP contribution is -2.47. The molecule has 6 nitrogen and oxygen atoms in total. The van der Waals surface area contributed by atoms with Crippen molar-refractivity contribution in [2.24, 2.45) is 0 Å². The zero-order valence-electron chi connectivity index (χ0n) is 16.8. The van der Waals surface area contributed by atoms with E-state index in [9.17, 15) is 22.8 Å². The van der Waals surface area contributed by atoms with Crippen LogP contribution in [-0.4, -0.2) is 54.6 Å². The van der Waals surface area contributed by atoms with Crippen molar-refractivity contribution in [3.63, 3.8) is 0 Å². The van der Waals surface area contributed by atoms with Crippen LogP contribution < -0.4 is 4.74 Å². The predicted octanol–water partition coefficient (Wildman–Crippen LogP) is 3.91. The van der Waals surface area contributed by atoms with E-state index < -0.39 is 40.8 Å². The Morgan fingerprint density at radius 3 is 2.42 bits per heavy atom. The van der Waals surface area contributed by atoms with Gasteiger partial charge in [0.05, 0.1) is 19.2 Å². The first-order valence-electron chi connectivity index (χ1n) is 9.93. The van der Waals surface area contributed by atoms with E-state index in [-0.39, 0.29) is 25.2 Å². The first-order chi connectivity index (χ1) is 14.9. The molecule has 2 saturated heterocycles. The van der Waals surface area contributed by atoms with Crippen molar-refractivity contribution in [3.8, 4) is 5.75 Å². The third-order valence-corrected chi connectivity index (χ3v) is 5.75. The van der Waals surface area contributed by atoms with E-state index in [0.29, 0.717) is 25.5 Å². The van der Waals surface area contributed by atoms with Gasteiger partial charge in [-0.2, -0.15) is 4.39 Å². The molecular formula is C22H21F3N2O4. The molecule has 0 bridgehead atoms. The third-order valence-electron chi connectivity index (χ3n) is 5.75. The molecule has 4 rings (SSSR count). The fourth-order valence-corrected chi connectivity index (χ4v) is 4.09. The first-order valence-corrected chi connectivity index (χ1v) is 9.93. The van der Waals surface area contributed by atoms with E-state index in [1.807, 2.05) is 30.3 Å². The average molecular weight is 434 g/mol. The Morgan fingerprint density at radius 1 is 1.10 bits per heavy atom. The number of cyclic esters (lactones) is 1. The third kappa shape index (κ3) is 3.92. The largest absolute Gasteiger partial charge is 0.491 e. The normalized spacial score (nSPS) is 19.5. The highest BCUT2D eigenvalue weighted by Crippen LogP contribution is 2.32. The molecule has 2 fully saturated rings. The number of hydrogen-bond acceptors (Lipinski definition) is 4. The van der Waals surface area contributed by atoms with Gasteiger partial charge in [0.2, 0.25) is 5.82 Å². The van der Waals surface area contributed by atoms with Crippen molar-refractivity contribution in [3.05, 3.63) is 65.0 Å². The molecule has 9 heteroatoms. The van der Waals surface area contributed by atoms with Crippen molar-refractivity contribution < 1.29 is 32.2 Å². The van der Waals surface area contributed by atoms with E-state index in [1.165, 1.54) is 4.90 Å². The minimum Gasteiger partial charge on any atom is -0.491 e. The number of carbonyl (C=O) groups excluding carboxylic acids is 2. The van der Waals surface area contributed by atoms with Crippen LogP contribution in [0, 0.1) is 17.5 Å².